The lowest BCUT2D eigenvalue weighted by Gasteiger charge is -2.31. The van der Waals surface area contributed by atoms with Gasteiger partial charge in [0.1, 0.15) is 0 Å². The molecule has 7 heteroatoms. The number of non-ortho nitro benzene ring substituents is 1. The van der Waals surface area contributed by atoms with Crippen LogP contribution in [0.15, 0.2) is 18.2 Å². The zero-order valence-electron chi connectivity index (χ0n) is 11.5. The van der Waals surface area contributed by atoms with Crippen LogP contribution < -0.4 is 5.32 Å². The van der Waals surface area contributed by atoms with Gasteiger partial charge in [-0.15, -0.1) is 0 Å². The number of nitro benzene ring substituents is 1. The molecule has 0 aromatic heterocycles. The summed E-state index contributed by atoms with van der Waals surface area (Å²) < 4.78 is 5.39. The third-order valence-electron chi connectivity index (χ3n) is 3.24. The largest absolute Gasteiger partial charge is 0.387 e. The second kappa shape index (κ2) is 5.87. The molecule has 1 heterocycles. The summed E-state index contributed by atoms with van der Waals surface area (Å²) in [6, 6.07) is 4.24. The molecule has 1 unspecified atom stereocenters. The van der Waals surface area contributed by atoms with E-state index in [1.165, 1.54) is 12.1 Å². The molecule has 20 heavy (non-hydrogen) atoms. The molecule has 0 bridgehead atoms. The maximum Gasteiger partial charge on any atom is 0.270 e. The maximum absolute atomic E-state index is 12.5. The molecule has 0 saturated carbocycles. The predicted octanol–water partition coefficient (Wildman–Crippen LogP) is 1.50. The Labute approximate surface area is 116 Å². The predicted molar refractivity (Wildman–Crippen MR) is 74.0 cm³/mol. The van der Waals surface area contributed by atoms with Gasteiger partial charge >= 0.3 is 0 Å². The standard InChI is InChI=1S/C13H17N3O4/c1-9-8-15(5-6-20-9)13(17)11-7-10(16(18)19)3-4-12(11)14-2/h3-4,7,9,14H,5-6,8H2,1-2H3. The molecule has 2 rings (SSSR count). The molecule has 0 aliphatic carbocycles. The normalized spacial score (nSPS) is 18.7. The van der Waals surface area contributed by atoms with Gasteiger partial charge in [-0.05, 0) is 13.0 Å². The molecule has 0 spiro atoms. The summed E-state index contributed by atoms with van der Waals surface area (Å²) in [6.07, 6.45) is -0.0237. The highest BCUT2D eigenvalue weighted by molar-refractivity contribution is 6.00. The molecule has 1 aliphatic rings. The fourth-order valence-electron chi connectivity index (χ4n) is 2.21. The van der Waals surface area contributed by atoms with E-state index in [1.807, 2.05) is 6.92 Å². The summed E-state index contributed by atoms with van der Waals surface area (Å²) >= 11 is 0. The third-order valence-corrected chi connectivity index (χ3v) is 3.24. The number of carbonyl (C=O) groups excluding carboxylic acids is 1. The first-order valence-electron chi connectivity index (χ1n) is 6.40. The average molecular weight is 279 g/mol. The minimum atomic E-state index is -0.502. The second-order valence-electron chi connectivity index (χ2n) is 4.67. The molecule has 1 aromatic rings. The Hall–Kier alpha value is -2.15. The van der Waals surface area contributed by atoms with Crippen LogP contribution in [0, 0.1) is 10.1 Å². The minimum absolute atomic E-state index is 0.0237. The number of carbonyl (C=O) groups is 1. The van der Waals surface area contributed by atoms with E-state index in [0.717, 1.165) is 0 Å². The SMILES string of the molecule is CNc1ccc([N+](=O)[O-])cc1C(=O)N1CCOC(C)C1. The molecule has 1 fully saturated rings. The minimum Gasteiger partial charge on any atom is -0.387 e. The Morgan fingerprint density at radius 3 is 2.90 bits per heavy atom. The number of nitrogens with one attached hydrogen (secondary N) is 1. The van der Waals surface area contributed by atoms with Gasteiger partial charge in [-0.1, -0.05) is 0 Å². The molecule has 1 amide bonds. The van der Waals surface area contributed by atoms with Crippen LogP contribution in [0.25, 0.3) is 0 Å². The van der Waals surface area contributed by atoms with E-state index in [0.29, 0.717) is 30.9 Å². The fraction of sp³-hybridized carbons (Fsp3) is 0.462. The highest BCUT2D eigenvalue weighted by Crippen LogP contribution is 2.24. The Morgan fingerprint density at radius 2 is 2.30 bits per heavy atom. The van der Waals surface area contributed by atoms with Crippen LogP contribution in [-0.4, -0.2) is 48.6 Å². The Kier molecular flexibility index (Phi) is 4.19. The lowest BCUT2D eigenvalue weighted by molar-refractivity contribution is -0.384. The summed E-state index contributed by atoms with van der Waals surface area (Å²) in [5, 5.41) is 13.7. The number of amides is 1. The molecule has 7 nitrogen and oxygen atoms in total. The number of rotatable bonds is 3. The molecule has 0 radical (unpaired) electrons. The number of morpholine rings is 1. The van der Waals surface area contributed by atoms with Crippen LogP contribution in [0.2, 0.25) is 0 Å². The van der Waals surface area contributed by atoms with E-state index in [2.05, 4.69) is 5.32 Å². The van der Waals surface area contributed by atoms with Gasteiger partial charge in [0.2, 0.25) is 0 Å². The van der Waals surface area contributed by atoms with E-state index in [4.69, 9.17) is 4.74 Å². The summed E-state index contributed by atoms with van der Waals surface area (Å²) in [6.45, 7) is 3.36. The van der Waals surface area contributed by atoms with E-state index in [-0.39, 0.29) is 17.7 Å². The number of ether oxygens (including phenoxy) is 1. The van der Waals surface area contributed by atoms with Crippen LogP contribution >= 0.6 is 0 Å². The van der Waals surface area contributed by atoms with Gasteiger partial charge in [0.25, 0.3) is 11.6 Å². The van der Waals surface area contributed by atoms with Crippen molar-refractivity contribution in [2.24, 2.45) is 0 Å². The Morgan fingerprint density at radius 1 is 1.55 bits per heavy atom. The quantitative estimate of drug-likeness (QED) is 0.669. The number of benzene rings is 1. The first kappa shape index (κ1) is 14.3. The van der Waals surface area contributed by atoms with Gasteiger partial charge < -0.3 is 15.0 Å². The highest BCUT2D eigenvalue weighted by atomic mass is 16.6. The van der Waals surface area contributed by atoms with Crippen molar-refractivity contribution in [3.05, 3.63) is 33.9 Å². The molecule has 1 aromatic carbocycles. The van der Waals surface area contributed by atoms with Gasteiger partial charge in [0.05, 0.1) is 23.2 Å². The molecule has 1 saturated heterocycles. The zero-order valence-corrected chi connectivity index (χ0v) is 11.5. The summed E-state index contributed by atoms with van der Waals surface area (Å²) in [7, 11) is 1.68. The van der Waals surface area contributed by atoms with Crippen molar-refractivity contribution >= 4 is 17.3 Å². The van der Waals surface area contributed by atoms with Crippen LogP contribution in [-0.2, 0) is 4.74 Å². The Bertz CT molecular complexity index is 532. The number of nitro groups is 1. The summed E-state index contributed by atoms with van der Waals surface area (Å²) in [5.74, 6) is -0.215. The third kappa shape index (κ3) is 2.88. The molecule has 1 N–H and O–H groups in total. The number of hydrogen-bond donors (Lipinski definition) is 1. The maximum atomic E-state index is 12.5. The van der Waals surface area contributed by atoms with Gasteiger partial charge in [0.15, 0.2) is 0 Å². The van der Waals surface area contributed by atoms with E-state index < -0.39 is 4.92 Å². The van der Waals surface area contributed by atoms with Crippen LogP contribution in [0.5, 0.6) is 0 Å². The van der Waals surface area contributed by atoms with E-state index in [9.17, 15) is 14.9 Å². The number of hydrogen-bond acceptors (Lipinski definition) is 5. The average Bonchev–Trinajstić information content (AvgIpc) is 2.45. The molecular weight excluding hydrogens is 262 g/mol. The van der Waals surface area contributed by atoms with Gasteiger partial charge in [-0.25, -0.2) is 0 Å². The fourth-order valence-corrected chi connectivity index (χ4v) is 2.21. The molecule has 1 aliphatic heterocycles. The topological polar surface area (TPSA) is 84.7 Å². The first-order valence-corrected chi connectivity index (χ1v) is 6.40. The van der Waals surface area contributed by atoms with Gasteiger partial charge in [-0.3, -0.25) is 14.9 Å². The van der Waals surface area contributed by atoms with E-state index >= 15 is 0 Å². The Balaban J connectivity index is 2.31. The van der Waals surface area contributed by atoms with Crippen LogP contribution in [0.1, 0.15) is 17.3 Å². The molecule has 1 atom stereocenters. The van der Waals surface area contributed by atoms with Crippen molar-refractivity contribution in [2.45, 2.75) is 13.0 Å². The summed E-state index contributed by atoms with van der Waals surface area (Å²) in [4.78, 5) is 24.5. The highest BCUT2D eigenvalue weighted by Gasteiger charge is 2.25. The number of nitrogens with zero attached hydrogens (tertiary/aromatic N) is 2. The van der Waals surface area contributed by atoms with Gasteiger partial charge in [0, 0.05) is 38.0 Å². The smallest absolute Gasteiger partial charge is 0.270 e. The van der Waals surface area contributed by atoms with Gasteiger partial charge in [-0.2, -0.15) is 0 Å². The molecular formula is C13H17N3O4. The van der Waals surface area contributed by atoms with Crippen molar-refractivity contribution in [2.75, 3.05) is 32.1 Å². The van der Waals surface area contributed by atoms with E-state index in [1.54, 1.807) is 18.0 Å². The lowest BCUT2D eigenvalue weighted by Crippen LogP contribution is -2.44. The first-order chi connectivity index (χ1) is 9.52. The van der Waals surface area contributed by atoms with Crippen molar-refractivity contribution in [1.82, 2.24) is 4.90 Å². The second-order valence-corrected chi connectivity index (χ2v) is 4.67. The number of anilines is 1. The van der Waals surface area contributed by atoms with Crippen molar-refractivity contribution in [3.8, 4) is 0 Å². The zero-order chi connectivity index (χ0) is 14.7. The summed E-state index contributed by atoms with van der Waals surface area (Å²) in [5.41, 5.74) is 0.809. The van der Waals surface area contributed by atoms with Crippen LogP contribution in [0.3, 0.4) is 0 Å². The van der Waals surface area contributed by atoms with Crippen LogP contribution in [0.4, 0.5) is 11.4 Å². The van der Waals surface area contributed by atoms with Crippen molar-refractivity contribution in [3.63, 3.8) is 0 Å². The monoisotopic (exact) mass is 279 g/mol. The molecule has 108 valence electrons. The van der Waals surface area contributed by atoms with Crippen molar-refractivity contribution in [1.29, 1.82) is 0 Å². The lowest BCUT2D eigenvalue weighted by atomic mass is 10.1. The van der Waals surface area contributed by atoms with Crippen molar-refractivity contribution < 1.29 is 14.5 Å².